The topological polar surface area (TPSA) is 0 Å². The second-order valence-electron chi connectivity index (χ2n) is 6.86. The molecule has 0 spiro atoms. The minimum Gasteiger partial charge on any atom is -0.0812 e. The summed E-state index contributed by atoms with van der Waals surface area (Å²) >= 11 is 0. The largest absolute Gasteiger partial charge is 0.0812 e. The number of hydrogen-bond acceptors (Lipinski definition) is 0. The van der Waals surface area contributed by atoms with Crippen LogP contribution in [0.1, 0.15) is 28.7 Å². The van der Waals surface area contributed by atoms with Gasteiger partial charge in [-0.05, 0) is 61.4 Å². The van der Waals surface area contributed by atoms with Gasteiger partial charge in [-0.1, -0.05) is 49.1 Å². The van der Waals surface area contributed by atoms with Crippen LogP contribution in [0, 0.1) is 20.8 Å². The minimum atomic E-state index is -1.19. The Balaban J connectivity index is 2.26. The van der Waals surface area contributed by atoms with Crippen LogP contribution >= 0.6 is 0 Å². The number of aryl methyl sites for hydroxylation is 2. The molecule has 1 heteroatoms. The summed E-state index contributed by atoms with van der Waals surface area (Å²) in [6, 6.07) is 4.73. The molecule has 0 fully saturated rings. The predicted octanol–water partition coefficient (Wildman–Crippen LogP) is 5.29. The van der Waals surface area contributed by atoms with Crippen molar-refractivity contribution in [3.05, 3.63) is 57.3 Å². The number of allylic oxidation sites excluding steroid dienone is 4. The van der Waals surface area contributed by atoms with E-state index >= 15 is 0 Å². The first-order chi connectivity index (χ1) is 8.79. The molecule has 0 amide bonds. The first kappa shape index (κ1) is 14.3. The van der Waals surface area contributed by atoms with Gasteiger partial charge in [-0.25, -0.2) is 0 Å². The normalized spacial score (nSPS) is 15.5. The van der Waals surface area contributed by atoms with Crippen molar-refractivity contribution < 1.29 is 0 Å². The lowest BCUT2D eigenvalue weighted by Gasteiger charge is -2.22. The molecule has 0 saturated carbocycles. The average Bonchev–Trinajstić information content (AvgIpc) is 2.73. The van der Waals surface area contributed by atoms with Crippen molar-refractivity contribution in [2.24, 2.45) is 0 Å². The molecule has 19 heavy (non-hydrogen) atoms. The Kier molecular flexibility index (Phi) is 3.87. The highest BCUT2D eigenvalue weighted by atomic mass is 28.3. The lowest BCUT2D eigenvalue weighted by atomic mass is 9.97. The van der Waals surface area contributed by atoms with Gasteiger partial charge in [-0.3, -0.25) is 0 Å². The fraction of sp³-hybridized carbons (Fsp3) is 0.444. The molecule has 0 aliphatic heterocycles. The monoisotopic (exact) mass is 270 g/mol. The zero-order valence-corrected chi connectivity index (χ0v) is 14.2. The van der Waals surface area contributed by atoms with Gasteiger partial charge in [0, 0.05) is 0 Å². The molecule has 0 aromatic heterocycles. The van der Waals surface area contributed by atoms with Gasteiger partial charge >= 0.3 is 0 Å². The summed E-state index contributed by atoms with van der Waals surface area (Å²) in [4.78, 5) is 0. The quantitative estimate of drug-likeness (QED) is 0.655. The molecule has 0 heterocycles. The molecule has 2 rings (SSSR count). The molecule has 0 nitrogen and oxygen atoms in total. The molecule has 1 aromatic carbocycles. The number of benzene rings is 1. The van der Waals surface area contributed by atoms with E-state index in [-0.39, 0.29) is 0 Å². The Morgan fingerprint density at radius 2 is 1.53 bits per heavy atom. The molecule has 1 aliphatic rings. The highest BCUT2D eigenvalue weighted by Gasteiger charge is 2.24. The number of hydrogen-bond donors (Lipinski definition) is 0. The van der Waals surface area contributed by atoms with Gasteiger partial charge in [0.2, 0.25) is 0 Å². The SMILES string of the molecule is Cc1cc(CC2=CCC=C2[Si](C)(C)C)cc(C)c1C. The minimum absolute atomic E-state index is 1.11. The van der Waals surface area contributed by atoms with E-state index in [4.69, 9.17) is 0 Å². The fourth-order valence-electron chi connectivity index (χ4n) is 2.96. The van der Waals surface area contributed by atoms with Crippen molar-refractivity contribution in [3.8, 4) is 0 Å². The third kappa shape index (κ3) is 3.09. The summed E-state index contributed by atoms with van der Waals surface area (Å²) in [5.41, 5.74) is 7.34. The van der Waals surface area contributed by atoms with Crippen molar-refractivity contribution in [2.45, 2.75) is 53.3 Å². The van der Waals surface area contributed by atoms with Crippen molar-refractivity contribution in [3.63, 3.8) is 0 Å². The van der Waals surface area contributed by atoms with Gasteiger partial charge in [0.05, 0.1) is 8.07 Å². The number of rotatable bonds is 3. The lowest BCUT2D eigenvalue weighted by molar-refractivity contribution is 1.14. The molecule has 102 valence electrons. The maximum Gasteiger partial charge on any atom is 0.0775 e. The maximum atomic E-state index is 2.45. The Hall–Kier alpha value is -1.08. The summed E-state index contributed by atoms with van der Waals surface area (Å²) < 4.78 is 0. The van der Waals surface area contributed by atoms with E-state index < -0.39 is 8.07 Å². The molecule has 1 aromatic rings. The van der Waals surface area contributed by atoms with Crippen molar-refractivity contribution in [1.82, 2.24) is 0 Å². The molecule has 1 aliphatic carbocycles. The summed E-state index contributed by atoms with van der Waals surface area (Å²) in [7, 11) is -1.19. The van der Waals surface area contributed by atoms with Gasteiger partial charge in [0.15, 0.2) is 0 Å². The van der Waals surface area contributed by atoms with E-state index in [2.05, 4.69) is 64.7 Å². The summed E-state index contributed by atoms with van der Waals surface area (Å²) in [6.07, 6.45) is 7.13. The zero-order valence-electron chi connectivity index (χ0n) is 13.2. The zero-order chi connectivity index (χ0) is 14.2. The average molecular weight is 270 g/mol. The van der Waals surface area contributed by atoms with Crippen molar-refractivity contribution >= 4 is 8.07 Å². The molecule has 0 N–H and O–H groups in total. The van der Waals surface area contributed by atoms with E-state index in [0.717, 1.165) is 12.8 Å². The highest BCUT2D eigenvalue weighted by Crippen LogP contribution is 2.31. The lowest BCUT2D eigenvalue weighted by Crippen LogP contribution is -2.24. The molecular weight excluding hydrogens is 244 g/mol. The van der Waals surface area contributed by atoms with E-state index in [1.165, 1.54) is 22.3 Å². The Labute approximate surface area is 119 Å². The van der Waals surface area contributed by atoms with Gasteiger partial charge in [-0.2, -0.15) is 0 Å². The third-order valence-corrected chi connectivity index (χ3v) is 6.36. The Bertz CT molecular complexity index is 531. The van der Waals surface area contributed by atoms with Crippen LogP contribution in [0.2, 0.25) is 19.6 Å². The Morgan fingerprint density at radius 3 is 2.05 bits per heavy atom. The molecule has 0 saturated heterocycles. The second kappa shape index (κ2) is 5.13. The third-order valence-electron chi connectivity index (χ3n) is 4.22. The van der Waals surface area contributed by atoms with Gasteiger partial charge in [-0.15, -0.1) is 0 Å². The summed E-state index contributed by atoms with van der Waals surface area (Å²) in [5, 5.41) is 1.67. The summed E-state index contributed by atoms with van der Waals surface area (Å²) in [6.45, 7) is 14.0. The van der Waals surface area contributed by atoms with E-state index in [1.807, 2.05) is 0 Å². The maximum absolute atomic E-state index is 2.45. The predicted molar refractivity (Wildman–Crippen MR) is 88.5 cm³/mol. The van der Waals surface area contributed by atoms with E-state index in [9.17, 15) is 0 Å². The highest BCUT2D eigenvalue weighted by molar-refractivity contribution is 6.84. The van der Waals surface area contributed by atoms with Crippen molar-refractivity contribution in [1.29, 1.82) is 0 Å². The van der Waals surface area contributed by atoms with Crippen LogP contribution in [0.4, 0.5) is 0 Å². The van der Waals surface area contributed by atoms with Gasteiger partial charge in [0.1, 0.15) is 0 Å². The van der Waals surface area contributed by atoms with Gasteiger partial charge < -0.3 is 0 Å². The Morgan fingerprint density at radius 1 is 0.947 bits per heavy atom. The van der Waals surface area contributed by atoms with Crippen molar-refractivity contribution in [2.75, 3.05) is 0 Å². The van der Waals surface area contributed by atoms with Gasteiger partial charge in [0.25, 0.3) is 0 Å². The first-order valence-corrected chi connectivity index (χ1v) is 10.8. The fourth-order valence-corrected chi connectivity index (χ4v) is 4.85. The second-order valence-corrected chi connectivity index (χ2v) is 11.9. The van der Waals surface area contributed by atoms with Crippen LogP contribution in [-0.4, -0.2) is 8.07 Å². The summed E-state index contributed by atoms with van der Waals surface area (Å²) in [5.74, 6) is 0. The standard InChI is InChI=1S/C18H26Si/c1-13-10-16(11-14(2)15(13)3)12-17-8-7-9-18(17)19(4,5)6/h8-11H,7,12H2,1-6H3. The van der Waals surface area contributed by atoms with Crippen LogP contribution in [0.25, 0.3) is 0 Å². The molecule has 0 bridgehead atoms. The first-order valence-electron chi connectivity index (χ1n) is 7.26. The van der Waals surface area contributed by atoms with E-state index in [0.29, 0.717) is 0 Å². The van der Waals surface area contributed by atoms with E-state index in [1.54, 1.807) is 10.8 Å². The molecule has 0 unspecified atom stereocenters. The van der Waals surface area contributed by atoms with Crippen LogP contribution in [0.3, 0.4) is 0 Å². The molecule has 0 atom stereocenters. The molecular formula is C18H26Si. The van der Waals surface area contributed by atoms with Crippen LogP contribution in [-0.2, 0) is 6.42 Å². The smallest absolute Gasteiger partial charge is 0.0775 e. The molecule has 0 radical (unpaired) electrons. The van der Waals surface area contributed by atoms with Crippen LogP contribution in [0.5, 0.6) is 0 Å². The van der Waals surface area contributed by atoms with Crippen LogP contribution in [0.15, 0.2) is 35.1 Å². The van der Waals surface area contributed by atoms with Crippen LogP contribution < -0.4 is 0 Å².